The number of thioether (sulfide) groups is 1. The van der Waals surface area contributed by atoms with Crippen molar-refractivity contribution in [2.24, 2.45) is 0 Å². The Bertz CT molecular complexity index is 571. The summed E-state index contributed by atoms with van der Waals surface area (Å²) in [6.45, 7) is 1.71. The van der Waals surface area contributed by atoms with Crippen LogP contribution in [0.3, 0.4) is 0 Å². The first-order chi connectivity index (χ1) is 10.3. The van der Waals surface area contributed by atoms with Crippen molar-refractivity contribution in [2.45, 2.75) is 18.1 Å². The molecule has 0 saturated carbocycles. The van der Waals surface area contributed by atoms with Gasteiger partial charge in [-0.25, -0.2) is 0 Å². The Morgan fingerprint density at radius 2 is 2.29 bits per heavy atom. The van der Waals surface area contributed by atoms with Gasteiger partial charge in [-0.2, -0.15) is 11.8 Å². The molecule has 110 valence electrons. The van der Waals surface area contributed by atoms with Gasteiger partial charge in [-0.1, -0.05) is 12.1 Å². The van der Waals surface area contributed by atoms with Gasteiger partial charge in [-0.3, -0.25) is 9.78 Å². The summed E-state index contributed by atoms with van der Waals surface area (Å²) in [4.78, 5) is 19.9. The maximum Gasteiger partial charge on any atom is 0.227 e. The van der Waals surface area contributed by atoms with Crippen LogP contribution in [-0.4, -0.2) is 34.6 Å². The van der Waals surface area contributed by atoms with E-state index in [0.717, 1.165) is 30.8 Å². The van der Waals surface area contributed by atoms with Crippen LogP contribution in [0.4, 0.5) is 0 Å². The monoisotopic (exact) mass is 318 g/mol. The van der Waals surface area contributed by atoms with Crippen molar-refractivity contribution in [3.63, 3.8) is 0 Å². The lowest BCUT2D eigenvalue weighted by molar-refractivity contribution is -0.130. The van der Waals surface area contributed by atoms with E-state index >= 15 is 0 Å². The third kappa shape index (κ3) is 3.86. The molecule has 0 aromatic carbocycles. The SMILES string of the molecule is O=C(Cc1cccnc1)N1CCS[C@H](c2cccs2)CC1. The smallest absolute Gasteiger partial charge is 0.227 e. The molecule has 2 aromatic rings. The van der Waals surface area contributed by atoms with Crippen LogP contribution in [0, 0.1) is 0 Å². The van der Waals surface area contributed by atoms with Crippen molar-refractivity contribution >= 4 is 29.0 Å². The zero-order chi connectivity index (χ0) is 14.5. The number of aromatic nitrogens is 1. The van der Waals surface area contributed by atoms with Gasteiger partial charge in [0.25, 0.3) is 0 Å². The molecule has 0 N–H and O–H groups in total. The van der Waals surface area contributed by atoms with Crippen molar-refractivity contribution in [1.82, 2.24) is 9.88 Å². The fourth-order valence-electron chi connectivity index (χ4n) is 2.51. The van der Waals surface area contributed by atoms with E-state index in [1.54, 1.807) is 12.4 Å². The van der Waals surface area contributed by atoms with E-state index in [0.29, 0.717) is 11.7 Å². The predicted octanol–water partition coefficient (Wildman–Crippen LogP) is 3.39. The number of thiophene rings is 1. The highest BCUT2D eigenvalue weighted by atomic mass is 32.2. The quantitative estimate of drug-likeness (QED) is 0.870. The topological polar surface area (TPSA) is 33.2 Å². The maximum atomic E-state index is 12.4. The van der Waals surface area contributed by atoms with Crippen LogP contribution in [0.2, 0.25) is 0 Å². The van der Waals surface area contributed by atoms with E-state index in [4.69, 9.17) is 0 Å². The molecule has 1 atom stereocenters. The standard InChI is InChI=1S/C16H18N2OS2/c19-16(11-13-3-1-6-17-12-13)18-7-5-15(21-10-8-18)14-4-2-9-20-14/h1-4,6,9,12,15H,5,7-8,10-11H2/t15-/m0/s1. The molecule has 0 unspecified atom stereocenters. The molecular weight excluding hydrogens is 300 g/mol. The third-order valence-corrected chi connectivity index (χ3v) is 6.08. The van der Waals surface area contributed by atoms with Gasteiger partial charge >= 0.3 is 0 Å². The summed E-state index contributed by atoms with van der Waals surface area (Å²) in [6, 6.07) is 8.16. The third-order valence-electron chi connectivity index (χ3n) is 3.63. The van der Waals surface area contributed by atoms with Crippen LogP contribution in [-0.2, 0) is 11.2 Å². The molecule has 1 aliphatic heterocycles. The van der Waals surface area contributed by atoms with Crippen LogP contribution in [0.15, 0.2) is 42.0 Å². The second-order valence-corrected chi connectivity index (χ2v) is 7.37. The largest absolute Gasteiger partial charge is 0.342 e. The van der Waals surface area contributed by atoms with Gasteiger partial charge in [0, 0.05) is 41.4 Å². The van der Waals surface area contributed by atoms with Crippen molar-refractivity contribution in [1.29, 1.82) is 0 Å². The molecule has 21 heavy (non-hydrogen) atoms. The minimum absolute atomic E-state index is 0.218. The fraction of sp³-hybridized carbons (Fsp3) is 0.375. The molecule has 1 amide bonds. The van der Waals surface area contributed by atoms with Gasteiger partial charge < -0.3 is 4.90 Å². The van der Waals surface area contributed by atoms with Gasteiger partial charge in [-0.05, 0) is 29.5 Å². The normalized spacial score (nSPS) is 19.2. The number of carbonyl (C=O) groups is 1. The first-order valence-electron chi connectivity index (χ1n) is 7.14. The second-order valence-electron chi connectivity index (χ2n) is 5.08. The van der Waals surface area contributed by atoms with Crippen LogP contribution in [0.25, 0.3) is 0 Å². The summed E-state index contributed by atoms with van der Waals surface area (Å²) in [5, 5.41) is 2.67. The molecule has 1 saturated heterocycles. The summed E-state index contributed by atoms with van der Waals surface area (Å²) < 4.78 is 0. The highest BCUT2D eigenvalue weighted by Gasteiger charge is 2.22. The molecule has 3 rings (SSSR count). The van der Waals surface area contributed by atoms with Crippen LogP contribution >= 0.6 is 23.1 Å². The average molecular weight is 318 g/mol. The van der Waals surface area contributed by atoms with Gasteiger partial charge in [0.2, 0.25) is 5.91 Å². The van der Waals surface area contributed by atoms with Gasteiger partial charge in [0.1, 0.15) is 0 Å². The predicted molar refractivity (Wildman–Crippen MR) is 88.7 cm³/mol. The number of amides is 1. The number of pyridine rings is 1. The zero-order valence-electron chi connectivity index (χ0n) is 11.8. The van der Waals surface area contributed by atoms with Crippen molar-refractivity contribution in [2.75, 3.05) is 18.8 Å². The lowest BCUT2D eigenvalue weighted by Crippen LogP contribution is -2.34. The first kappa shape index (κ1) is 14.6. The van der Waals surface area contributed by atoms with E-state index < -0.39 is 0 Å². The lowest BCUT2D eigenvalue weighted by Gasteiger charge is -2.20. The first-order valence-corrected chi connectivity index (χ1v) is 9.07. The molecule has 0 spiro atoms. The number of hydrogen-bond acceptors (Lipinski definition) is 4. The van der Waals surface area contributed by atoms with Gasteiger partial charge in [0.05, 0.1) is 6.42 Å². The molecule has 0 radical (unpaired) electrons. The minimum atomic E-state index is 0.218. The molecule has 3 heterocycles. The summed E-state index contributed by atoms with van der Waals surface area (Å²) in [6.07, 6.45) is 5.02. The van der Waals surface area contributed by atoms with Crippen molar-refractivity contribution in [3.8, 4) is 0 Å². The lowest BCUT2D eigenvalue weighted by atomic mass is 10.2. The Labute approximate surface area is 133 Å². The molecule has 1 aliphatic rings. The van der Waals surface area contributed by atoms with Crippen molar-refractivity contribution < 1.29 is 4.79 Å². The van der Waals surface area contributed by atoms with Crippen LogP contribution < -0.4 is 0 Å². The summed E-state index contributed by atoms with van der Waals surface area (Å²) in [7, 11) is 0. The van der Waals surface area contributed by atoms with E-state index in [-0.39, 0.29) is 5.91 Å². The zero-order valence-corrected chi connectivity index (χ0v) is 13.4. The van der Waals surface area contributed by atoms with Crippen LogP contribution in [0.5, 0.6) is 0 Å². The average Bonchev–Trinajstić information content (AvgIpc) is 2.93. The Hall–Kier alpha value is -1.33. The van der Waals surface area contributed by atoms with Crippen molar-refractivity contribution in [3.05, 3.63) is 52.5 Å². The summed E-state index contributed by atoms with van der Waals surface area (Å²) >= 11 is 3.79. The molecule has 3 nitrogen and oxygen atoms in total. The molecule has 0 aliphatic carbocycles. The number of hydrogen-bond donors (Lipinski definition) is 0. The fourth-order valence-corrected chi connectivity index (χ4v) is 4.75. The molecule has 2 aromatic heterocycles. The number of carbonyl (C=O) groups excluding carboxylic acids is 1. The van der Waals surface area contributed by atoms with Gasteiger partial charge in [0.15, 0.2) is 0 Å². The Morgan fingerprint density at radius 3 is 3.05 bits per heavy atom. The Balaban J connectivity index is 1.58. The van der Waals surface area contributed by atoms with Gasteiger partial charge in [-0.15, -0.1) is 11.3 Å². The van der Waals surface area contributed by atoms with E-state index in [2.05, 4.69) is 22.5 Å². The van der Waals surface area contributed by atoms with E-state index in [1.165, 1.54) is 4.88 Å². The number of rotatable bonds is 3. The Morgan fingerprint density at radius 1 is 1.33 bits per heavy atom. The summed E-state index contributed by atoms with van der Waals surface area (Å²) in [5.41, 5.74) is 0.995. The molecular formula is C16H18N2OS2. The van der Waals surface area contributed by atoms with E-state index in [9.17, 15) is 4.79 Å². The summed E-state index contributed by atoms with van der Waals surface area (Å²) in [5.74, 6) is 1.23. The molecule has 5 heteroatoms. The van der Waals surface area contributed by atoms with E-state index in [1.807, 2.05) is 40.1 Å². The van der Waals surface area contributed by atoms with Crippen LogP contribution in [0.1, 0.15) is 22.1 Å². The highest BCUT2D eigenvalue weighted by Crippen LogP contribution is 2.36. The number of nitrogens with zero attached hydrogens (tertiary/aromatic N) is 2. The maximum absolute atomic E-state index is 12.4. The molecule has 1 fully saturated rings. The minimum Gasteiger partial charge on any atom is -0.342 e. The molecule has 0 bridgehead atoms. The highest BCUT2D eigenvalue weighted by molar-refractivity contribution is 7.99. The second kappa shape index (κ2) is 7.09. The Kier molecular flexibility index (Phi) is 4.93.